The Morgan fingerprint density at radius 2 is 1.28 bits per heavy atom. The molecule has 0 saturated carbocycles. The van der Waals surface area contributed by atoms with Gasteiger partial charge in [0.1, 0.15) is 5.69 Å². The number of rotatable bonds is 1. The van der Waals surface area contributed by atoms with Crippen molar-refractivity contribution in [3.8, 4) is 11.3 Å². The van der Waals surface area contributed by atoms with Gasteiger partial charge < -0.3 is 0 Å². The zero-order chi connectivity index (χ0) is 16.8. The molecule has 25 heavy (non-hydrogen) atoms. The molecule has 5 rings (SSSR count). The van der Waals surface area contributed by atoms with Gasteiger partial charge in [-0.05, 0) is 22.2 Å². The molecule has 1 heterocycles. The van der Waals surface area contributed by atoms with Gasteiger partial charge in [0.25, 0.3) is 0 Å². The van der Waals surface area contributed by atoms with E-state index in [2.05, 4.69) is 41.4 Å². The zero-order valence-electron chi connectivity index (χ0n) is 13.3. The van der Waals surface area contributed by atoms with Crippen LogP contribution in [0.1, 0.15) is 0 Å². The Hall–Kier alpha value is -2.97. The van der Waals surface area contributed by atoms with E-state index in [4.69, 9.17) is 16.6 Å². The first-order chi connectivity index (χ1) is 12.3. The second-order valence-corrected chi connectivity index (χ2v) is 6.40. The molecular formula is C22H13ClN2. The van der Waals surface area contributed by atoms with Crippen molar-refractivity contribution in [3.05, 3.63) is 84.0 Å². The highest BCUT2D eigenvalue weighted by Gasteiger charge is 2.13. The Balaban J connectivity index is 1.85. The molecule has 0 N–H and O–H groups in total. The molecule has 5 aromatic rings. The van der Waals surface area contributed by atoms with E-state index < -0.39 is 0 Å². The normalized spacial score (nSPS) is 11.4. The van der Waals surface area contributed by atoms with Crippen LogP contribution in [0.15, 0.2) is 78.9 Å². The van der Waals surface area contributed by atoms with Crippen molar-refractivity contribution in [2.24, 2.45) is 0 Å². The summed E-state index contributed by atoms with van der Waals surface area (Å²) >= 11 is 6.56. The maximum Gasteiger partial charge on any atom is 0.156 e. The molecule has 0 atom stereocenters. The molecule has 0 radical (unpaired) electrons. The summed E-state index contributed by atoms with van der Waals surface area (Å²) < 4.78 is 0. The van der Waals surface area contributed by atoms with E-state index in [-0.39, 0.29) is 0 Å². The predicted molar refractivity (Wildman–Crippen MR) is 105 cm³/mol. The molecule has 0 bridgehead atoms. The molecule has 2 nitrogen and oxygen atoms in total. The lowest BCUT2D eigenvalue weighted by Crippen LogP contribution is -1.93. The van der Waals surface area contributed by atoms with Gasteiger partial charge in [0, 0.05) is 10.9 Å². The van der Waals surface area contributed by atoms with E-state index in [0.717, 1.165) is 43.8 Å². The number of hydrogen-bond acceptors (Lipinski definition) is 2. The van der Waals surface area contributed by atoms with Gasteiger partial charge in [-0.3, -0.25) is 0 Å². The SMILES string of the molecule is Clc1nc2c(ccc3ccccc32)nc1-c1cccc2ccccc12. The van der Waals surface area contributed by atoms with Gasteiger partial charge >= 0.3 is 0 Å². The van der Waals surface area contributed by atoms with Gasteiger partial charge in [0.15, 0.2) is 5.15 Å². The lowest BCUT2D eigenvalue weighted by atomic mass is 10.0. The Kier molecular flexibility index (Phi) is 3.19. The summed E-state index contributed by atoms with van der Waals surface area (Å²) in [7, 11) is 0. The Bertz CT molecular complexity index is 1260. The van der Waals surface area contributed by atoms with E-state index in [0.29, 0.717) is 5.15 Å². The number of benzene rings is 4. The molecule has 0 spiro atoms. The Morgan fingerprint density at radius 1 is 0.600 bits per heavy atom. The van der Waals surface area contributed by atoms with Crippen molar-refractivity contribution >= 4 is 44.2 Å². The van der Waals surface area contributed by atoms with Gasteiger partial charge in [-0.15, -0.1) is 0 Å². The van der Waals surface area contributed by atoms with E-state index in [1.54, 1.807) is 0 Å². The number of hydrogen-bond donors (Lipinski definition) is 0. The van der Waals surface area contributed by atoms with Crippen LogP contribution in [0, 0.1) is 0 Å². The number of nitrogens with zero attached hydrogens (tertiary/aromatic N) is 2. The van der Waals surface area contributed by atoms with E-state index >= 15 is 0 Å². The number of fused-ring (bicyclic) bond motifs is 4. The largest absolute Gasteiger partial charge is 0.243 e. The monoisotopic (exact) mass is 340 g/mol. The molecule has 0 fully saturated rings. The van der Waals surface area contributed by atoms with Crippen molar-refractivity contribution in [2.75, 3.05) is 0 Å². The molecule has 0 aliphatic heterocycles. The van der Waals surface area contributed by atoms with Crippen LogP contribution in [0.2, 0.25) is 5.15 Å². The van der Waals surface area contributed by atoms with Crippen molar-refractivity contribution in [1.82, 2.24) is 9.97 Å². The van der Waals surface area contributed by atoms with Gasteiger partial charge in [-0.1, -0.05) is 84.4 Å². The molecule has 1 aromatic heterocycles. The van der Waals surface area contributed by atoms with Crippen LogP contribution < -0.4 is 0 Å². The summed E-state index contributed by atoms with van der Waals surface area (Å²) in [4.78, 5) is 9.54. The number of halogens is 1. The zero-order valence-corrected chi connectivity index (χ0v) is 14.0. The Morgan fingerprint density at radius 3 is 2.12 bits per heavy atom. The third-order valence-electron chi connectivity index (χ3n) is 4.56. The summed E-state index contributed by atoms with van der Waals surface area (Å²) in [5.41, 5.74) is 3.42. The summed E-state index contributed by atoms with van der Waals surface area (Å²) in [6.45, 7) is 0. The third kappa shape index (κ3) is 2.26. The molecule has 118 valence electrons. The van der Waals surface area contributed by atoms with Gasteiger partial charge in [0.05, 0.1) is 11.0 Å². The van der Waals surface area contributed by atoms with Crippen molar-refractivity contribution in [2.45, 2.75) is 0 Å². The highest BCUT2D eigenvalue weighted by molar-refractivity contribution is 6.32. The lowest BCUT2D eigenvalue weighted by molar-refractivity contribution is 1.31. The second-order valence-electron chi connectivity index (χ2n) is 6.04. The van der Waals surface area contributed by atoms with E-state index in [1.807, 2.05) is 42.5 Å². The minimum Gasteiger partial charge on any atom is -0.243 e. The minimum atomic E-state index is 0.431. The predicted octanol–water partition coefficient (Wildman–Crippen LogP) is 6.26. The standard InChI is InChI=1S/C22H13ClN2/c23-22-21(18-11-5-8-14-6-1-3-9-16(14)18)24-19-13-12-15-7-2-4-10-17(15)20(19)25-22/h1-13H. The molecule has 0 aliphatic rings. The quantitative estimate of drug-likeness (QED) is 0.337. The molecule has 0 unspecified atom stereocenters. The van der Waals surface area contributed by atoms with Crippen molar-refractivity contribution in [3.63, 3.8) is 0 Å². The first-order valence-corrected chi connectivity index (χ1v) is 8.52. The van der Waals surface area contributed by atoms with Gasteiger partial charge in [-0.2, -0.15) is 0 Å². The third-order valence-corrected chi connectivity index (χ3v) is 4.83. The van der Waals surface area contributed by atoms with Crippen molar-refractivity contribution in [1.29, 1.82) is 0 Å². The molecule has 4 aromatic carbocycles. The van der Waals surface area contributed by atoms with Crippen LogP contribution >= 0.6 is 11.6 Å². The van der Waals surface area contributed by atoms with Crippen molar-refractivity contribution < 1.29 is 0 Å². The first kappa shape index (κ1) is 14.4. The lowest BCUT2D eigenvalue weighted by Gasteiger charge is -2.10. The number of aromatic nitrogens is 2. The summed E-state index contributed by atoms with van der Waals surface area (Å²) in [6.07, 6.45) is 0. The molecule has 0 saturated heterocycles. The maximum absolute atomic E-state index is 6.56. The first-order valence-electron chi connectivity index (χ1n) is 8.14. The fourth-order valence-corrected chi connectivity index (χ4v) is 3.60. The summed E-state index contributed by atoms with van der Waals surface area (Å²) in [5, 5.41) is 4.93. The average Bonchev–Trinajstić information content (AvgIpc) is 2.67. The van der Waals surface area contributed by atoms with Crippen LogP contribution in [-0.4, -0.2) is 9.97 Å². The molecule has 3 heteroatoms. The van der Waals surface area contributed by atoms with Crippen LogP contribution in [0.5, 0.6) is 0 Å². The fraction of sp³-hybridized carbons (Fsp3) is 0. The summed E-state index contributed by atoms with van der Waals surface area (Å²) in [5.74, 6) is 0. The van der Waals surface area contributed by atoms with Crippen LogP contribution in [0.3, 0.4) is 0 Å². The summed E-state index contributed by atoms with van der Waals surface area (Å²) in [6, 6.07) is 26.7. The smallest absolute Gasteiger partial charge is 0.156 e. The van der Waals surface area contributed by atoms with Crippen LogP contribution in [0.4, 0.5) is 0 Å². The molecule has 0 aliphatic carbocycles. The highest BCUT2D eigenvalue weighted by atomic mass is 35.5. The van der Waals surface area contributed by atoms with E-state index in [1.165, 1.54) is 0 Å². The topological polar surface area (TPSA) is 25.8 Å². The second kappa shape index (κ2) is 5.54. The minimum absolute atomic E-state index is 0.431. The maximum atomic E-state index is 6.56. The Labute approximate surface area is 149 Å². The average molecular weight is 341 g/mol. The highest BCUT2D eigenvalue weighted by Crippen LogP contribution is 2.33. The van der Waals surface area contributed by atoms with E-state index in [9.17, 15) is 0 Å². The van der Waals surface area contributed by atoms with Crippen LogP contribution in [-0.2, 0) is 0 Å². The van der Waals surface area contributed by atoms with Crippen LogP contribution in [0.25, 0.3) is 43.8 Å². The van der Waals surface area contributed by atoms with Gasteiger partial charge in [-0.25, -0.2) is 9.97 Å². The fourth-order valence-electron chi connectivity index (χ4n) is 3.37. The van der Waals surface area contributed by atoms with Gasteiger partial charge in [0.2, 0.25) is 0 Å². The molecule has 0 amide bonds. The molecular weight excluding hydrogens is 328 g/mol.